The van der Waals surface area contributed by atoms with Crippen LogP contribution in [0.2, 0.25) is 0 Å². The number of aryl methyl sites for hydroxylation is 2. The first kappa shape index (κ1) is 15.8. The van der Waals surface area contributed by atoms with Crippen molar-refractivity contribution in [3.63, 3.8) is 0 Å². The van der Waals surface area contributed by atoms with Crippen molar-refractivity contribution in [1.82, 2.24) is 15.3 Å². The summed E-state index contributed by atoms with van der Waals surface area (Å²) in [6.07, 6.45) is 4.77. The molecule has 0 aromatic carbocycles. The van der Waals surface area contributed by atoms with Crippen LogP contribution in [0, 0.1) is 13.8 Å². The van der Waals surface area contributed by atoms with Gasteiger partial charge in [0.05, 0.1) is 5.25 Å². The van der Waals surface area contributed by atoms with Crippen molar-refractivity contribution in [2.75, 3.05) is 12.3 Å². The zero-order chi connectivity index (χ0) is 14.5. The Balaban J connectivity index is 1.99. The van der Waals surface area contributed by atoms with E-state index >= 15 is 0 Å². The molecule has 1 atom stereocenters. The maximum atomic E-state index is 4.78. The lowest BCUT2D eigenvalue weighted by molar-refractivity contribution is 0.568. The first-order valence-electron chi connectivity index (χ1n) is 7.77. The van der Waals surface area contributed by atoms with E-state index < -0.39 is 0 Å². The van der Waals surface area contributed by atoms with Gasteiger partial charge >= 0.3 is 0 Å². The van der Waals surface area contributed by atoms with Gasteiger partial charge in [0, 0.05) is 17.4 Å². The SMILES string of the molecule is Cc1nc(C2CCCS2)nc(C)c1CCCNC(C)C. The summed E-state index contributed by atoms with van der Waals surface area (Å²) in [5.74, 6) is 2.32. The van der Waals surface area contributed by atoms with Crippen molar-refractivity contribution in [2.24, 2.45) is 0 Å². The Bertz CT molecular complexity index is 416. The molecule has 1 aromatic heterocycles. The first-order valence-corrected chi connectivity index (χ1v) is 8.81. The minimum absolute atomic E-state index is 0.532. The van der Waals surface area contributed by atoms with Crippen LogP contribution in [0.3, 0.4) is 0 Å². The van der Waals surface area contributed by atoms with E-state index in [0.717, 1.165) is 25.2 Å². The third-order valence-electron chi connectivity index (χ3n) is 3.81. The molecule has 20 heavy (non-hydrogen) atoms. The summed E-state index contributed by atoms with van der Waals surface area (Å²) in [5, 5.41) is 4.00. The summed E-state index contributed by atoms with van der Waals surface area (Å²) in [7, 11) is 0. The van der Waals surface area contributed by atoms with Gasteiger partial charge in [0.15, 0.2) is 0 Å². The van der Waals surface area contributed by atoms with Crippen LogP contribution >= 0.6 is 11.8 Å². The summed E-state index contributed by atoms with van der Waals surface area (Å²) in [6.45, 7) is 9.73. The number of rotatable bonds is 6. The Hall–Kier alpha value is -0.610. The third-order valence-corrected chi connectivity index (χ3v) is 5.19. The second kappa shape index (κ2) is 7.41. The second-order valence-corrected chi connectivity index (χ2v) is 7.26. The van der Waals surface area contributed by atoms with Crippen molar-refractivity contribution < 1.29 is 0 Å². The van der Waals surface area contributed by atoms with Gasteiger partial charge in [-0.2, -0.15) is 11.8 Å². The van der Waals surface area contributed by atoms with Gasteiger partial charge in [-0.05, 0) is 57.4 Å². The van der Waals surface area contributed by atoms with Crippen LogP contribution in [-0.2, 0) is 6.42 Å². The van der Waals surface area contributed by atoms with Crippen LogP contribution in [0.1, 0.15) is 61.1 Å². The number of aromatic nitrogens is 2. The highest BCUT2D eigenvalue weighted by Crippen LogP contribution is 2.38. The lowest BCUT2D eigenvalue weighted by Crippen LogP contribution is -2.24. The van der Waals surface area contributed by atoms with Crippen molar-refractivity contribution in [1.29, 1.82) is 0 Å². The van der Waals surface area contributed by atoms with Gasteiger partial charge in [-0.3, -0.25) is 0 Å². The second-order valence-electron chi connectivity index (χ2n) is 5.95. The number of nitrogens with one attached hydrogen (secondary N) is 1. The molecule has 0 spiro atoms. The minimum atomic E-state index is 0.532. The van der Waals surface area contributed by atoms with E-state index in [1.54, 1.807) is 0 Å². The average molecular weight is 293 g/mol. The van der Waals surface area contributed by atoms with E-state index in [4.69, 9.17) is 9.97 Å². The highest BCUT2D eigenvalue weighted by Gasteiger charge is 2.21. The summed E-state index contributed by atoms with van der Waals surface area (Å²) >= 11 is 2.01. The van der Waals surface area contributed by atoms with Crippen molar-refractivity contribution in [3.8, 4) is 0 Å². The predicted octanol–water partition coefficient (Wildman–Crippen LogP) is 3.59. The molecule has 0 saturated carbocycles. The van der Waals surface area contributed by atoms with Crippen LogP contribution < -0.4 is 5.32 Å². The molecule has 1 N–H and O–H groups in total. The van der Waals surface area contributed by atoms with Crippen LogP contribution in [0.4, 0.5) is 0 Å². The molecule has 0 radical (unpaired) electrons. The fourth-order valence-electron chi connectivity index (χ4n) is 2.71. The van der Waals surface area contributed by atoms with Gasteiger partial charge in [-0.1, -0.05) is 13.8 Å². The van der Waals surface area contributed by atoms with E-state index in [9.17, 15) is 0 Å². The molecule has 1 aromatic rings. The maximum absolute atomic E-state index is 4.78. The highest BCUT2D eigenvalue weighted by atomic mass is 32.2. The molecule has 1 saturated heterocycles. The van der Waals surface area contributed by atoms with Crippen LogP contribution in [0.15, 0.2) is 0 Å². The summed E-state index contributed by atoms with van der Waals surface area (Å²) in [6, 6.07) is 0.565. The molecule has 1 unspecified atom stereocenters. The van der Waals surface area contributed by atoms with Gasteiger partial charge in [0.1, 0.15) is 5.82 Å². The molecular weight excluding hydrogens is 266 g/mol. The summed E-state index contributed by atoms with van der Waals surface area (Å²) in [4.78, 5) is 9.55. The Morgan fingerprint density at radius 1 is 1.25 bits per heavy atom. The van der Waals surface area contributed by atoms with Gasteiger partial charge in [0.25, 0.3) is 0 Å². The minimum Gasteiger partial charge on any atom is -0.315 e. The smallest absolute Gasteiger partial charge is 0.141 e. The largest absolute Gasteiger partial charge is 0.315 e. The monoisotopic (exact) mass is 293 g/mol. The average Bonchev–Trinajstić information content (AvgIpc) is 2.90. The van der Waals surface area contributed by atoms with E-state index in [0.29, 0.717) is 11.3 Å². The fraction of sp³-hybridized carbons (Fsp3) is 0.750. The molecule has 0 bridgehead atoms. The van der Waals surface area contributed by atoms with Crippen LogP contribution in [0.5, 0.6) is 0 Å². The topological polar surface area (TPSA) is 37.8 Å². The lowest BCUT2D eigenvalue weighted by atomic mass is 10.1. The molecule has 1 aliphatic heterocycles. The number of hydrogen-bond donors (Lipinski definition) is 1. The Kier molecular flexibility index (Phi) is 5.85. The predicted molar refractivity (Wildman–Crippen MR) is 87.4 cm³/mol. The summed E-state index contributed by atoms with van der Waals surface area (Å²) < 4.78 is 0. The molecule has 1 aliphatic rings. The molecule has 4 heteroatoms. The van der Waals surface area contributed by atoms with Gasteiger partial charge in [0.2, 0.25) is 0 Å². The molecule has 2 rings (SSSR count). The van der Waals surface area contributed by atoms with Crippen molar-refractivity contribution in [3.05, 3.63) is 22.8 Å². The van der Waals surface area contributed by atoms with Crippen LogP contribution in [0.25, 0.3) is 0 Å². The lowest BCUT2D eigenvalue weighted by Gasteiger charge is -2.14. The first-order chi connectivity index (χ1) is 9.58. The molecule has 2 heterocycles. The Morgan fingerprint density at radius 2 is 1.95 bits per heavy atom. The Labute approximate surface area is 127 Å². The zero-order valence-corrected chi connectivity index (χ0v) is 14.0. The number of hydrogen-bond acceptors (Lipinski definition) is 4. The third kappa shape index (κ3) is 4.19. The summed E-state index contributed by atoms with van der Waals surface area (Å²) in [5.41, 5.74) is 3.72. The van der Waals surface area contributed by atoms with Crippen molar-refractivity contribution in [2.45, 2.75) is 64.7 Å². The van der Waals surface area contributed by atoms with E-state index in [1.807, 2.05) is 11.8 Å². The standard InChI is InChI=1S/C16H27N3S/c1-11(2)17-9-5-7-14-12(3)18-16(19-13(14)4)15-8-6-10-20-15/h11,15,17H,5-10H2,1-4H3. The quantitative estimate of drug-likeness (QED) is 0.813. The molecular formula is C16H27N3S. The van der Waals surface area contributed by atoms with Crippen molar-refractivity contribution >= 4 is 11.8 Å². The number of nitrogens with zero attached hydrogens (tertiary/aromatic N) is 2. The molecule has 3 nitrogen and oxygen atoms in total. The normalized spacial score (nSPS) is 18.9. The van der Waals surface area contributed by atoms with Gasteiger partial charge in [-0.25, -0.2) is 9.97 Å². The number of thioether (sulfide) groups is 1. The molecule has 112 valence electrons. The van der Waals surface area contributed by atoms with Gasteiger partial charge < -0.3 is 5.32 Å². The highest BCUT2D eigenvalue weighted by molar-refractivity contribution is 7.99. The molecule has 1 fully saturated rings. The van der Waals surface area contributed by atoms with Gasteiger partial charge in [-0.15, -0.1) is 0 Å². The van der Waals surface area contributed by atoms with E-state index in [-0.39, 0.29) is 0 Å². The van der Waals surface area contributed by atoms with E-state index in [2.05, 4.69) is 33.0 Å². The molecule has 0 amide bonds. The maximum Gasteiger partial charge on any atom is 0.141 e. The zero-order valence-electron chi connectivity index (χ0n) is 13.2. The van der Waals surface area contributed by atoms with Crippen LogP contribution in [-0.4, -0.2) is 28.3 Å². The fourth-order valence-corrected chi connectivity index (χ4v) is 3.91. The molecule has 0 aliphatic carbocycles. The van der Waals surface area contributed by atoms with E-state index in [1.165, 1.54) is 35.5 Å². The Morgan fingerprint density at radius 3 is 2.50 bits per heavy atom.